The molecule has 0 aliphatic carbocycles. The highest BCUT2D eigenvalue weighted by Gasteiger charge is 2.10. The molecule has 0 atom stereocenters. The van der Waals surface area contributed by atoms with Crippen LogP contribution in [-0.2, 0) is 13.5 Å². The molecule has 2 heterocycles. The minimum Gasteiger partial charge on any atom is -0.294 e. The molecule has 5 nitrogen and oxygen atoms in total. The van der Waals surface area contributed by atoms with E-state index in [0.29, 0.717) is 12.0 Å². The smallest absolute Gasteiger partial charge is 0.168 e. The fourth-order valence-corrected chi connectivity index (χ4v) is 1.97. The molecule has 3 aromatic rings. The molecule has 1 aromatic carbocycles. The second-order valence-corrected chi connectivity index (χ2v) is 4.34. The van der Waals surface area contributed by atoms with Crippen molar-refractivity contribution < 1.29 is 4.79 Å². The van der Waals surface area contributed by atoms with Crippen molar-refractivity contribution in [1.82, 2.24) is 20.0 Å². The summed E-state index contributed by atoms with van der Waals surface area (Å²) in [6.07, 6.45) is 1.99. The van der Waals surface area contributed by atoms with E-state index < -0.39 is 0 Å². The first-order valence-corrected chi connectivity index (χ1v) is 5.96. The fraction of sp³-hybridized carbons (Fsp3) is 0.143. The van der Waals surface area contributed by atoms with Gasteiger partial charge in [0.2, 0.25) is 0 Å². The lowest BCUT2D eigenvalue weighted by atomic mass is 10.1. The van der Waals surface area contributed by atoms with Crippen LogP contribution in [0.1, 0.15) is 16.1 Å². The van der Waals surface area contributed by atoms with Crippen LogP contribution >= 0.6 is 0 Å². The highest BCUT2D eigenvalue weighted by atomic mass is 16.1. The summed E-state index contributed by atoms with van der Waals surface area (Å²) in [6.45, 7) is 0. The first kappa shape index (κ1) is 11.5. The molecule has 0 unspecified atom stereocenters. The fourth-order valence-electron chi connectivity index (χ4n) is 1.97. The second-order valence-electron chi connectivity index (χ2n) is 4.34. The lowest BCUT2D eigenvalue weighted by molar-refractivity contribution is 0.0992. The van der Waals surface area contributed by atoms with E-state index in [1.165, 1.54) is 0 Å². The third-order valence-electron chi connectivity index (χ3n) is 3.00. The first-order valence-electron chi connectivity index (χ1n) is 5.96. The number of aromatic nitrogens is 4. The Kier molecular flexibility index (Phi) is 2.79. The van der Waals surface area contributed by atoms with Crippen molar-refractivity contribution in [3.05, 3.63) is 53.9 Å². The summed E-state index contributed by atoms with van der Waals surface area (Å²) in [5.41, 5.74) is 3.07. The van der Waals surface area contributed by atoms with Crippen LogP contribution in [-0.4, -0.2) is 25.8 Å². The lowest BCUT2D eigenvalue weighted by Crippen LogP contribution is -2.05. The molecule has 0 aliphatic heterocycles. The first-order chi connectivity index (χ1) is 9.24. The minimum atomic E-state index is 0.0433. The van der Waals surface area contributed by atoms with Crippen LogP contribution in [0.25, 0.3) is 11.0 Å². The molecule has 19 heavy (non-hydrogen) atoms. The molecule has 94 valence electrons. The number of fused-ring (bicyclic) bond motifs is 1. The third kappa shape index (κ3) is 2.22. The van der Waals surface area contributed by atoms with Gasteiger partial charge in [0.25, 0.3) is 0 Å². The van der Waals surface area contributed by atoms with E-state index in [-0.39, 0.29) is 5.78 Å². The summed E-state index contributed by atoms with van der Waals surface area (Å²) in [4.78, 5) is 16.4. The van der Waals surface area contributed by atoms with Crippen LogP contribution < -0.4 is 0 Å². The second kappa shape index (κ2) is 4.61. The van der Waals surface area contributed by atoms with Gasteiger partial charge in [-0.15, -0.1) is 5.10 Å². The number of hydrogen-bond acceptors (Lipinski definition) is 4. The molecule has 0 saturated carbocycles. The van der Waals surface area contributed by atoms with Gasteiger partial charge in [0.1, 0.15) is 5.52 Å². The molecule has 0 fully saturated rings. The molecule has 5 heteroatoms. The Morgan fingerprint density at radius 3 is 2.95 bits per heavy atom. The van der Waals surface area contributed by atoms with Gasteiger partial charge in [-0.05, 0) is 30.3 Å². The van der Waals surface area contributed by atoms with Crippen molar-refractivity contribution in [1.29, 1.82) is 0 Å². The van der Waals surface area contributed by atoms with E-state index in [0.717, 1.165) is 16.7 Å². The average Bonchev–Trinajstić information content (AvgIpc) is 2.81. The van der Waals surface area contributed by atoms with Crippen LogP contribution in [0, 0.1) is 0 Å². The van der Waals surface area contributed by atoms with Crippen LogP contribution in [0.2, 0.25) is 0 Å². The Bertz CT molecular complexity index is 734. The number of nitrogens with zero attached hydrogens (tertiary/aromatic N) is 4. The predicted octanol–water partition coefficient (Wildman–Crippen LogP) is 1.79. The quantitative estimate of drug-likeness (QED) is 0.667. The summed E-state index contributed by atoms with van der Waals surface area (Å²) < 4.78 is 1.66. The largest absolute Gasteiger partial charge is 0.294 e. The van der Waals surface area contributed by atoms with Crippen LogP contribution in [0.15, 0.2) is 42.6 Å². The summed E-state index contributed by atoms with van der Waals surface area (Å²) in [5, 5.41) is 7.92. The van der Waals surface area contributed by atoms with E-state index in [9.17, 15) is 4.79 Å². The normalized spacial score (nSPS) is 10.8. The van der Waals surface area contributed by atoms with Crippen molar-refractivity contribution in [3.63, 3.8) is 0 Å². The van der Waals surface area contributed by atoms with E-state index in [1.807, 2.05) is 37.4 Å². The molecule has 0 amide bonds. The number of Topliss-reactive ketones (excluding diaryl/α,β-unsaturated/α-hetero) is 1. The monoisotopic (exact) mass is 252 g/mol. The number of pyridine rings is 1. The number of hydrogen-bond donors (Lipinski definition) is 0. The molecule has 0 radical (unpaired) electrons. The topological polar surface area (TPSA) is 60.7 Å². The Morgan fingerprint density at radius 2 is 2.16 bits per heavy atom. The average molecular weight is 252 g/mol. The number of benzene rings is 1. The zero-order valence-corrected chi connectivity index (χ0v) is 10.4. The highest BCUT2D eigenvalue weighted by Crippen LogP contribution is 2.14. The maximum Gasteiger partial charge on any atom is 0.168 e. The van der Waals surface area contributed by atoms with E-state index in [1.54, 1.807) is 16.9 Å². The molecule has 0 bridgehead atoms. The Hall–Kier alpha value is -2.56. The Balaban J connectivity index is 1.91. The standard InChI is InChI=1S/C14H12N4O/c1-18-13-8-10(5-6-12(13)16-17-18)14(19)9-11-4-2-3-7-15-11/h2-8H,9H2,1H3. The third-order valence-corrected chi connectivity index (χ3v) is 3.00. The van der Waals surface area contributed by atoms with Crippen molar-refractivity contribution in [3.8, 4) is 0 Å². The number of ketones is 1. The SMILES string of the molecule is Cn1nnc2ccc(C(=O)Cc3ccccn3)cc21. The van der Waals surface area contributed by atoms with Crippen molar-refractivity contribution in [2.24, 2.45) is 7.05 Å². The van der Waals surface area contributed by atoms with Crippen molar-refractivity contribution in [2.45, 2.75) is 6.42 Å². The van der Waals surface area contributed by atoms with Crippen molar-refractivity contribution in [2.75, 3.05) is 0 Å². The summed E-state index contributed by atoms with van der Waals surface area (Å²) in [5.74, 6) is 0.0433. The van der Waals surface area contributed by atoms with Crippen LogP contribution in [0.3, 0.4) is 0 Å². The maximum atomic E-state index is 12.2. The number of carbonyl (C=O) groups is 1. The molecule has 0 spiro atoms. The summed E-state index contributed by atoms with van der Waals surface area (Å²) >= 11 is 0. The molecule has 0 aliphatic rings. The molecule has 0 saturated heterocycles. The number of aryl methyl sites for hydroxylation is 1. The van der Waals surface area contributed by atoms with E-state index in [2.05, 4.69) is 15.3 Å². The van der Waals surface area contributed by atoms with Gasteiger partial charge in [-0.25, -0.2) is 4.68 Å². The van der Waals surface area contributed by atoms with E-state index >= 15 is 0 Å². The predicted molar refractivity (Wildman–Crippen MR) is 70.8 cm³/mol. The highest BCUT2D eigenvalue weighted by molar-refractivity contribution is 5.99. The zero-order valence-electron chi connectivity index (χ0n) is 10.4. The number of rotatable bonds is 3. The van der Waals surface area contributed by atoms with E-state index in [4.69, 9.17) is 0 Å². The molecule has 2 aromatic heterocycles. The van der Waals surface area contributed by atoms with Gasteiger partial charge in [-0.3, -0.25) is 9.78 Å². The minimum absolute atomic E-state index is 0.0433. The van der Waals surface area contributed by atoms with Crippen LogP contribution in [0.5, 0.6) is 0 Å². The Morgan fingerprint density at radius 1 is 1.26 bits per heavy atom. The lowest BCUT2D eigenvalue weighted by Gasteiger charge is -2.01. The molecule has 3 rings (SSSR count). The Labute approximate surface area is 109 Å². The van der Waals surface area contributed by atoms with Gasteiger partial charge in [-0.2, -0.15) is 0 Å². The van der Waals surface area contributed by atoms with Gasteiger partial charge >= 0.3 is 0 Å². The molecular weight excluding hydrogens is 240 g/mol. The summed E-state index contributed by atoms with van der Waals surface area (Å²) in [6, 6.07) is 11.0. The van der Waals surface area contributed by atoms with Gasteiger partial charge in [0.15, 0.2) is 5.78 Å². The van der Waals surface area contributed by atoms with Crippen molar-refractivity contribution >= 4 is 16.8 Å². The van der Waals surface area contributed by atoms with Gasteiger partial charge in [-0.1, -0.05) is 11.3 Å². The zero-order chi connectivity index (χ0) is 13.2. The van der Waals surface area contributed by atoms with Gasteiger partial charge < -0.3 is 0 Å². The molecular formula is C14H12N4O. The molecule has 0 N–H and O–H groups in total. The van der Waals surface area contributed by atoms with Crippen LogP contribution in [0.4, 0.5) is 0 Å². The maximum absolute atomic E-state index is 12.2. The van der Waals surface area contributed by atoms with Gasteiger partial charge in [0.05, 0.1) is 11.9 Å². The summed E-state index contributed by atoms with van der Waals surface area (Å²) in [7, 11) is 1.81. The number of carbonyl (C=O) groups excluding carboxylic acids is 1. The van der Waals surface area contributed by atoms with Gasteiger partial charge in [0, 0.05) is 24.5 Å².